The molecule has 0 aromatic heterocycles. The molecular weight excluding hydrogens is 274 g/mol. The fraction of sp³-hybridized carbons (Fsp3) is 0.133. The first kappa shape index (κ1) is 14.3. The fourth-order valence-electron chi connectivity index (χ4n) is 1.86. The predicted molar refractivity (Wildman–Crippen MR) is 75.8 cm³/mol. The molecule has 0 fully saturated rings. The summed E-state index contributed by atoms with van der Waals surface area (Å²) in [5.41, 5.74) is 1.87. The molecular formula is C15H14NO3S. The van der Waals surface area contributed by atoms with E-state index in [0.717, 1.165) is 11.1 Å². The van der Waals surface area contributed by atoms with Crippen LogP contribution in [0.3, 0.4) is 0 Å². The number of sulfonamides is 1. The maximum atomic E-state index is 12.0. The van der Waals surface area contributed by atoms with E-state index in [1.165, 1.54) is 12.1 Å². The van der Waals surface area contributed by atoms with Gasteiger partial charge in [-0.25, -0.2) is 13.1 Å². The standard InChI is InChI=1S/C15H14NO3S/c1-11-8-12(2)10-13(9-11)15(17)16-20(18,19)14-6-4-3-5-7-14/h3-7,9-10H,1-2H3,(H,16,17). The predicted octanol–water partition coefficient (Wildman–Crippen LogP) is 2.22. The molecule has 1 N–H and O–H groups in total. The average molecular weight is 288 g/mol. The molecule has 2 aromatic carbocycles. The third-order valence-electron chi connectivity index (χ3n) is 2.68. The number of aryl methyl sites for hydroxylation is 2. The SMILES string of the molecule is Cc1[c]c(C)cc(C(=O)NS(=O)(=O)c2ccccc2)c1. The minimum atomic E-state index is -3.84. The van der Waals surface area contributed by atoms with Gasteiger partial charge in [0, 0.05) is 5.56 Å². The lowest BCUT2D eigenvalue weighted by Crippen LogP contribution is -2.30. The van der Waals surface area contributed by atoms with Gasteiger partial charge < -0.3 is 0 Å². The van der Waals surface area contributed by atoms with Crippen molar-refractivity contribution in [2.24, 2.45) is 0 Å². The number of nitrogens with one attached hydrogen (secondary N) is 1. The molecule has 0 saturated heterocycles. The summed E-state index contributed by atoms with van der Waals surface area (Å²) in [6.45, 7) is 3.60. The van der Waals surface area contributed by atoms with Gasteiger partial charge in [-0.1, -0.05) is 18.2 Å². The van der Waals surface area contributed by atoms with Crippen molar-refractivity contribution >= 4 is 15.9 Å². The number of amides is 1. The fourth-order valence-corrected chi connectivity index (χ4v) is 2.86. The van der Waals surface area contributed by atoms with Crippen molar-refractivity contribution in [3.63, 3.8) is 0 Å². The molecule has 0 atom stereocenters. The van der Waals surface area contributed by atoms with Crippen LogP contribution in [0.2, 0.25) is 0 Å². The summed E-state index contributed by atoms with van der Waals surface area (Å²) in [5, 5.41) is 0. The Labute approximate surface area is 118 Å². The van der Waals surface area contributed by atoms with Crippen molar-refractivity contribution in [2.45, 2.75) is 18.7 Å². The molecule has 0 aliphatic carbocycles. The Hall–Kier alpha value is -2.14. The molecule has 1 radical (unpaired) electrons. The minimum absolute atomic E-state index is 0.0595. The van der Waals surface area contributed by atoms with E-state index in [-0.39, 0.29) is 4.90 Å². The van der Waals surface area contributed by atoms with Gasteiger partial charge in [0.1, 0.15) is 0 Å². The van der Waals surface area contributed by atoms with Crippen LogP contribution in [0.15, 0.2) is 47.4 Å². The molecule has 0 aliphatic heterocycles. The third-order valence-corrected chi connectivity index (χ3v) is 4.03. The molecule has 0 aliphatic rings. The zero-order valence-electron chi connectivity index (χ0n) is 11.2. The number of benzene rings is 2. The second-order valence-corrected chi connectivity index (χ2v) is 6.17. The van der Waals surface area contributed by atoms with Crippen LogP contribution in [-0.4, -0.2) is 14.3 Å². The van der Waals surface area contributed by atoms with Crippen LogP contribution in [-0.2, 0) is 10.0 Å². The van der Waals surface area contributed by atoms with Gasteiger partial charge in [0.05, 0.1) is 4.90 Å². The van der Waals surface area contributed by atoms with Crippen molar-refractivity contribution in [3.8, 4) is 0 Å². The van der Waals surface area contributed by atoms with Gasteiger partial charge in [0.2, 0.25) is 0 Å². The molecule has 5 heteroatoms. The highest BCUT2D eigenvalue weighted by molar-refractivity contribution is 7.90. The zero-order chi connectivity index (χ0) is 14.8. The van der Waals surface area contributed by atoms with Crippen LogP contribution in [0.1, 0.15) is 21.5 Å². The quantitative estimate of drug-likeness (QED) is 0.942. The van der Waals surface area contributed by atoms with Gasteiger partial charge in [-0.05, 0) is 55.3 Å². The number of hydrogen-bond acceptors (Lipinski definition) is 3. The summed E-state index contributed by atoms with van der Waals surface area (Å²) < 4.78 is 26.2. The molecule has 2 rings (SSSR count). The monoisotopic (exact) mass is 288 g/mol. The first-order chi connectivity index (χ1) is 9.38. The second kappa shape index (κ2) is 5.46. The van der Waals surface area contributed by atoms with Crippen LogP contribution < -0.4 is 4.72 Å². The summed E-state index contributed by atoms with van der Waals surface area (Å²) in [6.07, 6.45) is 0. The van der Waals surface area contributed by atoms with Crippen molar-refractivity contribution in [1.29, 1.82) is 0 Å². The third kappa shape index (κ3) is 3.24. The van der Waals surface area contributed by atoms with E-state index in [1.807, 2.05) is 0 Å². The molecule has 20 heavy (non-hydrogen) atoms. The number of carbonyl (C=O) groups is 1. The average Bonchev–Trinajstić information content (AvgIpc) is 2.38. The molecule has 103 valence electrons. The maximum absolute atomic E-state index is 12.0. The van der Waals surface area contributed by atoms with Crippen LogP contribution in [0, 0.1) is 19.9 Å². The highest BCUT2D eigenvalue weighted by Gasteiger charge is 2.18. The number of hydrogen-bond donors (Lipinski definition) is 1. The minimum Gasteiger partial charge on any atom is -0.268 e. The van der Waals surface area contributed by atoms with Gasteiger partial charge in [-0.3, -0.25) is 4.79 Å². The number of carbonyl (C=O) groups excluding carboxylic acids is 1. The van der Waals surface area contributed by atoms with E-state index in [1.54, 1.807) is 44.2 Å². The largest absolute Gasteiger partial charge is 0.268 e. The van der Waals surface area contributed by atoms with Crippen molar-refractivity contribution < 1.29 is 13.2 Å². The first-order valence-corrected chi connectivity index (χ1v) is 7.49. The Bertz CT molecular complexity index is 717. The van der Waals surface area contributed by atoms with Crippen LogP contribution in [0.4, 0.5) is 0 Å². The zero-order valence-corrected chi connectivity index (χ0v) is 12.0. The van der Waals surface area contributed by atoms with Gasteiger partial charge in [0.15, 0.2) is 0 Å². The highest BCUT2D eigenvalue weighted by Crippen LogP contribution is 2.11. The lowest BCUT2D eigenvalue weighted by atomic mass is 10.1. The van der Waals surface area contributed by atoms with Crippen molar-refractivity contribution in [3.05, 3.63) is 65.2 Å². The molecule has 2 aromatic rings. The molecule has 0 spiro atoms. The molecule has 0 bridgehead atoms. The molecule has 0 unspecified atom stereocenters. The molecule has 0 saturated carbocycles. The van der Waals surface area contributed by atoms with E-state index >= 15 is 0 Å². The van der Waals surface area contributed by atoms with Gasteiger partial charge in [-0.15, -0.1) is 0 Å². The Morgan fingerprint density at radius 3 is 2.15 bits per heavy atom. The Kier molecular flexibility index (Phi) is 3.90. The van der Waals surface area contributed by atoms with Crippen LogP contribution in [0.5, 0.6) is 0 Å². The van der Waals surface area contributed by atoms with Gasteiger partial charge in [-0.2, -0.15) is 0 Å². The van der Waals surface area contributed by atoms with Crippen LogP contribution >= 0.6 is 0 Å². The van der Waals surface area contributed by atoms with Crippen molar-refractivity contribution in [1.82, 2.24) is 4.72 Å². The summed E-state index contributed by atoms with van der Waals surface area (Å²) in [7, 11) is -3.84. The van der Waals surface area contributed by atoms with E-state index in [0.29, 0.717) is 5.56 Å². The normalized spacial score (nSPS) is 11.1. The molecule has 0 heterocycles. The van der Waals surface area contributed by atoms with E-state index in [2.05, 4.69) is 10.8 Å². The summed E-state index contributed by atoms with van der Waals surface area (Å²) in [5.74, 6) is -0.644. The smallest absolute Gasteiger partial charge is 0.265 e. The van der Waals surface area contributed by atoms with E-state index in [9.17, 15) is 13.2 Å². The molecule has 1 amide bonds. The maximum Gasteiger partial charge on any atom is 0.265 e. The lowest BCUT2D eigenvalue weighted by molar-refractivity contribution is 0.0981. The van der Waals surface area contributed by atoms with Crippen molar-refractivity contribution in [2.75, 3.05) is 0 Å². The van der Waals surface area contributed by atoms with E-state index in [4.69, 9.17) is 0 Å². The Balaban J connectivity index is 2.28. The lowest BCUT2D eigenvalue weighted by Gasteiger charge is -2.08. The first-order valence-electron chi connectivity index (χ1n) is 6.01. The van der Waals surface area contributed by atoms with Gasteiger partial charge in [0.25, 0.3) is 15.9 Å². The van der Waals surface area contributed by atoms with E-state index < -0.39 is 15.9 Å². The molecule has 4 nitrogen and oxygen atoms in total. The summed E-state index contributed by atoms with van der Waals surface area (Å²) >= 11 is 0. The Morgan fingerprint density at radius 2 is 1.60 bits per heavy atom. The second-order valence-electron chi connectivity index (χ2n) is 4.48. The van der Waals surface area contributed by atoms with Crippen LogP contribution in [0.25, 0.3) is 0 Å². The topological polar surface area (TPSA) is 63.2 Å². The highest BCUT2D eigenvalue weighted by atomic mass is 32.2. The van der Waals surface area contributed by atoms with Gasteiger partial charge >= 0.3 is 0 Å². The summed E-state index contributed by atoms with van der Waals surface area (Å²) in [4.78, 5) is 12.1. The summed E-state index contributed by atoms with van der Waals surface area (Å²) in [6, 6.07) is 14.0. The number of rotatable bonds is 3. The Morgan fingerprint density at radius 1 is 1.05 bits per heavy atom.